The van der Waals surface area contributed by atoms with Gasteiger partial charge in [0, 0.05) is 15.2 Å². The molecule has 60 valence electrons. The molecule has 0 saturated heterocycles. The van der Waals surface area contributed by atoms with Gasteiger partial charge in [0.15, 0.2) is 0 Å². The third-order valence-electron chi connectivity index (χ3n) is 1.67. The molecule has 0 amide bonds. The van der Waals surface area contributed by atoms with Crippen molar-refractivity contribution in [2.45, 2.75) is 6.85 Å². The summed E-state index contributed by atoms with van der Waals surface area (Å²) in [6.45, 7) is -2.19. The molecular weight excluding hydrogens is 150 g/mol. The zero-order valence-corrected chi connectivity index (χ0v) is 6.28. The molecule has 12 heavy (non-hydrogen) atoms. The second-order valence-corrected chi connectivity index (χ2v) is 2.57. The molecule has 2 rings (SSSR count). The fourth-order valence-corrected chi connectivity index (χ4v) is 1.11. The fraction of sp³-hybridized carbons (Fsp3) is 0.100. The third-order valence-corrected chi connectivity index (χ3v) is 1.67. The number of phenolic OH excluding ortho intramolecular Hbond substituents is 1. The van der Waals surface area contributed by atoms with Gasteiger partial charge in [-0.1, -0.05) is 6.07 Å². The van der Waals surface area contributed by atoms with E-state index < -0.39 is 6.85 Å². The largest absolute Gasteiger partial charge is 0.508 e. The van der Waals surface area contributed by atoms with Crippen LogP contribution < -0.4 is 0 Å². The molecule has 0 fully saturated rings. The first kappa shape index (κ1) is 4.45. The molecule has 0 aliphatic carbocycles. The highest BCUT2D eigenvalue weighted by Gasteiger charge is 1.95. The molecule has 0 spiro atoms. The zero-order valence-electron chi connectivity index (χ0n) is 9.28. The molecular formula is C10H9NO. The maximum absolute atomic E-state index is 9.22. The van der Waals surface area contributed by atoms with Crippen molar-refractivity contribution in [2.24, 2.45) is 0 Å². The van der Waals surface area contributed by atoms with Crippen molar-refractivity contribution in [3.8, 4) is 5.75 Å². The topological polar surface area (TPSA) is 33.1 Å². The highest BCUT2D eigenvalue weighted by Crippen LogP contribution is 2.17. The van der Waals surface area contributed by atoms with E-state index in [-0.39, 0.29) is 11.4 Å². The zero-order chi connectivity index (χ0) is 11.1. The number of fused-ring (bicyclic) bond motifs is 1. The van der Waals surface area contributed by atoms with Crippen molar-refractivity contribution in [3.05, 3.63) is 36.0 Å². The van der Waals surface area contributed by atoms with Gasteiger partial charge in [-0.05, 0) is 31.1 Å². The number of aryl methyl sites for hydroxylation is 1. The SMILES string of the molecule is [2H]C([2H])([2H])c1ccc2cc(O)ccc2n1. The standard InChI is InChI=1S/C10H9NO/c1-7-2-3-8-6-9(12)4-5-10(8)11-7/h2-6,12H,1H3/i1D3. The molecule has 0 aliphatic rings. The number of pyridine rings is 1. The molecule has 2 aromatic rings. The molecule has 0 saturated carbocycles. The van der Waals surface area contributed by atoms with Gasteiger partial charge in [-0.2, -0.15) is 0 Å². The van der Waals surface area contributed by atoms with Crippen LogP contribution in [-0.4, -0.2) is 10.1 Å². The molecule has 0 aliphatic heterocycles. The summed E-state index contributed by atoms with van der Waals surface area (Å²) in [5.74, 6) is 0.144. The normalized spacial score (nSPS) is 15.2. The van der Waals surface area contributed by atoms with Crippen LogP contribution in [-0.2, 0) is 0 Å². The van der Waals surface area contributed by atoms with Crippen LogP contribution in [0.15, 0.2) is 30.3 Å². The van der Waals surface area contributed by atoms with E-state index in [1.54, 1.807) is 18.2 Å². The van der Waals surface area contributed by atoms with Gasteiger partial charge in [0.1, 0.15) is 5.75 Å². The van der Waals surface area contributed by atoms with Crippen LogP contribution >= 0.6 is 0 Å². The lowest BCUT2D eigenvalue weighted by atomic mass is 10.2. The number of aromatic hydroxyl groups is 1. The number of phenols is 1. The highest BCUT2D eigenvalue weighted by atomic mass is 16.3. The van der Waals surface area contributed by atoms with Crippen LogP contribution in [0.4, 0.5) is 0 Å². The lowest BCUT2D eigenvalue weighted by molar-refractivity contribution is 0.476. The number of hydrogen-bond acceptors (Lipinski definition) is 2. The molecule has 1 N–H and O–H groups in total. The van der Waals surface area contributed by atoms with E-state index in [9.17, 15) is 5.11 Å². The molecule has 0 atom stereocenters. The smallest absolute Gasteiger partial charge is 0.116 e. The Bertz CT molecular complexity index is 507. The van der Waals surface area contributed by atoms with Crippen molar-refractivity contribution >= 4 is 10.9 Å². The Morgan fingerprint density at radius 3 is 3.08 bits per heavy atom. The maximum atomic E-state index is 9.22. The summed E-state index contributed by atoms with van der Waals surface area (Å²) in [4.78, 5) is 4.01. The molecule has 2 nitrogen and oxygen atoms in total. The minimum Gasteiger partial charge on any atom is -0.508 e. The van der Waals surface area contributed by atoms with Gasteiger partial charge >= 0.3 is 0 Å². The lowest BCUT2D eigenvalue weighted by Crippen LogP contribution is -1.81. The number of rotatable bonds is 0. The van der Waals surface area contributed by atoms with Crippen LogP contribution in [0.5, 0.6) is 5.75 Å². The quantitative estimate of drug-likeness (QED) is 0.644. The Kier molecular flexibility index (Phi) is 0.921. The van der Waals surface area contributed by atoms with Gasteiger partial charge in [-0.15, -0.1) is 0 Å². The van der Waals surface area contributed by atoms with E-state index >= 15 is 0 Å². The molecule has 2 heteroatoms. The Morgan fingerprint density at radius 2 is 2.25 bits per heavy atom. The fourth-order valence-electron chi connectivity index (χ4n) is 1.11. The minimum absolute atomic E-state index is 0.0701. The average Bonchev–Trinajstić information content (AvgIpc) is 2.15. The monoisotopic (exact) mass is 162 g/mol. The second-order valence-electron chi connectivity index (χ2n) is 2.57. The summed E-state index contributed by atoms with van der Waals surface area (Å²) < 4.78 is 21.6. The molecule has 0 radical (unpaired) electrons. The molecule has 1 aromatic carbocycles. The number of nitrogens with zero attached hydrogens (tertiary/aromatic N) is 1. The summed E-state index contributed by atoms with van der Waals surface area (Å²) >= 11 is 0. The van der Waals surface area contributed by atoms with Crippen LogP contribution in [0.25, 0.3) is 10.9 Å². The summed E-state index contributed by atoms with van der Waals surface area (Å²) in [5, 5.41) is 9.95. The number of hydrogen-bond donors (Lipinski definition) is 1. The first-order chi connectivity index (χ1) is 6.97. The van der Waals surface area contributed by atoms with Gasteiger partial charge in [0.05, 0.1) is 5.52 Å². The van der Waals surface area contributed by atoms with Gasteiger partial charge in [0.2, 0.25) is 0 Å². The van der Waals surface area contributed by atoms with Crippen molar-refractivity contribution in [1.82, 2.24) is 4.98 Å². The van der Waals surface area contributed by atoms with Gasteiger partial charge in [0.25, 0.3) is 0 Å². The van der Waals surface area contributed by atoms with E-state index in [0.29, 0.717) is 5.52 Å². The van der Waals surface area contributed by atoms with Crippen molar-refractivity contribution < 1.29 is 9.22 Å². The van der Waals surface area contributed by atoms with Gasteiger partial charge in [-0.3, -0.25) is 4.98 Å². The average molecular weight is 162 g/mol. The van der Waals surface area contributed by atoms with E-state index in [1.807, 2.05) is 0 Å². The molecule has 0 bridgehead atoms. The van der Waals surface area contributed by atoms with Gasteiger partial charge < -0.3 is 5.11 Å². The first-order valence-corrected chi connectivity index (χ1v) is 3.57. The predicted molar refractivity (Wildman–Crippen MR) is 48.1 cm³/mol. The summed E-state index contributed by atoms with van der Waals surface area (Å²) in [5.41, 5.74) is 0.641. The van der Waals surface area contributed by atoms with E-state index in [4.69, 9.17) is 4.11 Å². The molecule has 1 aromatic heterocycles. The van der Waals surface area contributed by atoms with Crippen molar-refractivity contribution in [3.63, 3.8) is 0 Å². The molecule has 1 heterocycles. The first-order valence-electron chi connectivity index (χ1n) is 5.07. The number of benzene rings is 1. The van der Waals surface area contributed by atoms with Crippen LogP contribution in [0.2, 0.25) is 0 Å². The highest BCUT2D eigenvalue weighted by molar-refractivity contribution is 5.80. The van der Waals surface area contributed by atoms with Crippen LogP contribution in [0, 0.1) is 6.85 Å². The summed E-state index contributed by atoms with van der Waals surface area (Å²) in [6.07, 6.45) is 0. The summed E-state index contributed by atoms with van der Waals surface area (Å²) in [7, 11) is 0. The lowest BCUT2D eigenvalue weighted by Gasteiger charge is -1.98. The number of aromatic nitrogens is 1. The Labute approximate surface area is 74.7 Å². The molecule has 0 unspecified atom stereocenters. The Hall–Kier alpha value is -1.57. The van der Waals surface area contributed by atoms with Crippen molar-refractivity contribution in [2.75, 3.05) is 0 Å². The van der Waals surface area contributed by atoms with Crippen LogP contribution in [0.3, 0.4) is 0 Å². The maximum Gasteiger partial charge on any atom is 0.116 e. The van der Waals surface area contributed by atoms with Gasteiger partial charge in [-0.25, -0.2) is 0 Å². The Morgan fingerprint density at radius 1 is 1.33 bits per heavy atom. The Balaban J connectivity index is 2.62. The van der Waals surface area contributed by atoms with Crippen molar-refractivity contribution in [1.29, 1.82) is 0 Å². The third kappa shape index (κ3) is 1.11. The van der Waals surface area contributed by atoms with E-state index in [1.165, 1.54) is 12.1 Å². The van der Waals surface area contributed by atoms with Crippen LogP contribution in [0.1, 0.15) is 9.81 Å². The minimum atomic E-state index is -2.19. The second kappa shape index (κ2) is 2.48. The van der Waals surface area contributed by atoms with E-state index in [2.05, 4.69) is 4.98 Å². The predicted octanol–water partition coefficient (Wildman–Crippen LogP) is 2.25. The van der Waals surface area contributed by atoms with E-state index in [0.717, 1.165) is 5.39 Å². The summed E-state index contributed by atoms with van der Waals surface area (Å²) in [6, 6.07) is 7.72.